The number of aromatic nitrogens is 2. The maximum Gasteiger partial charge on any atom is 0.317 e. The van der Waals surface area contributed by atoms with Gasteiger partial charge in [0, 0.05) is 44.6 Å². The van der Waals surface area contributed by atoms with Gasteiger partial charge in [0.1, 0.15) is 0 Å². The number of carbonyl (C=O) groups excluding carboxylic acids is 1. The minimum Gasteiger partial charge on any atom is -0.368 e. The van der Waals surface area contributed by atoms with Crippen LogP contribution in [0.4, 0.5) is 10.5 Å². The number of urea groups is 1. The van der Waals surface area contributed by atoms with E-state index in [1.165, 1.54) is 11.3 Å². The van der Waals surface area contributed by atoms with Gasteiger partial charge in [-0.1, -0.05) is 30.3 Å². The lowest BCUT2D eigenvalue weighted by molar-refractivity contribution is 0.194. The van der Waals surface area contributed by atoms with Crippen LogP contribution in [0.15, 0.2) is 67.0 Å². The molecule has 1 aliphatic rings. The van der Waals surface area contributed by atoms with E-state index in [9.17, 15) is 4.79 Å². The molecule has 1 N–H and O–H groups in total. The first-order valence-corrected chi connectivity index (χ1v) is 10.1. The molecule has 1 saturated heterocycles. The van der Waals surface area contributed by atoms with Crippen LogP contribution in [0.5, 0.6) is 0 Å². The van der Waals surface area contributed by atoms with Crippen LogP contribution >= 0.6 is 0 Å². The highest BCUT2D eigenvalue weighted by atomic mass is 16.2. The summed E-state index contributed by atoms with van der Waals surface area (Å²) in [6, 6.07) is 18.6. The number of nitrogens with zero attached hydrogens (tertiary/aromatic N) is 4. The summed E-state index contributed by atoms with van der Waals surface area (Å²) < 4.78 is 1.86. The van der Waals surface area contributed by atoms with Gasteiger partial charge in [0.2, 0.25) is 0 Å². The summed E-state index contributed by atoms with van der Waals surface area (Å²) in [5, 5.41) is 7.45. The van der Waals surface area contributed by atoms with Crippen LogP contribution in [-0.2, 0) is 6.42 Å². The molecule has 6 heteroatoms. The van der Waals surface area contributed by atoms with Gasteiger partial charge in [-0.15, -0.1) is 0 Å². The summed E-state index contributed by atoms with van der Waals surface area (Å²) in [5.74, 6) is 0. The van der Waals surface area contributed by atoms with Crippen molar-refractivity contribution in [3.63, 3.8) is 0 Å². The normalized spacial score (nSPS) is 14.1. The van der Waals surface area contributed by atoms with Crippen molar-refractivity contribution in [2.75, 3.05) is 37.6 Å². The predicted molar refractivity (Wildman–Crippen MR) is 116 cm³/mol. The summed E-state index contributed by atoms with van der Waals surface area (Å²) in [7, 11) is 0. The van der Waals surface area contributed by atoms with Gasteiger partial charge in [-0.2, -0.15) is 5.10 Å². The number of carbonyl (C=O) groups is 1. The highest BCUT2D eigenvalue weighted by Gasteiger charge is 2.21. The maximum atomic E-state index is 12.5. The summed E-state index contributed by atoms with van der Waals surface area (Å²) in [6.45, 7) is 5.92. The van der Waals surface area contributed by atoms with Crippen LogP contribution in [0.1, 0.15) is 11.1 Å². The zero-order valence-electron chi connectivity index (χ0n) is 16.8. The van der Waals surface area contributed by atoms with Gasteiger partial charge in [0.05, 0.1) is 11.9 Å². The minimum absolute atomic E-state index is 0.0179. The molecule has 0 unspecified atom stereocenters. The van der Waals surface area contributed by atoms with Gasteiger partial charge in [0.15, 0.2) is 0 Å². The summed E-state index contributed by atoms with van der Waals surface area (Å²) >= 11 is 0. The van der Waals surface area contributed by atoms with E-state index in [-0.39, 0.29) is 6.03 Å². The molecular weight excluding hydrogens is 362 g/mol. The van der Waals surface area contributed by atoms with Crippen LogP contribution in [0.25, 0.3) is 5.69 Å². The molecule has 1 aromatic heterocycles. The average Bonchev–Trinajstić information content (AvgIpc) is 3.23. The van der Waals surface area contributed by atoms with Gasteiger partial charge < -0.3 is 15.1 Å². The average molecular weight is 390 g/mol. The van der Waals surface area contributed by atoms with E-state index in [0.717, 1.165) is 43.9 Å². The van der Waals surface area contributed by atoms with Crippen molar-refractivity contribution in [3.8, 4) is 5.69 Å². The van der Waals surface area contributed by atoms with Gasteiger partial charge >= 0.3 is 6.03 Å². The number of benzene rings is 2. The molecule has 150 valence electrons. The number of aryl methyl sites for hydroxylation is 1. The molecule has 0 radical (unpaired) electrons. The third-order valence-corrected chi connectivity index (χ3v) is 5.28. The van der Waals surface area contributed by atoms with Gasteiger partial charge in [-0.3, -0.25) is 0 Å². The van der Waals surface area contributed by atoms with Gasteiger partial charge in [-0.25, -0.2) is 9.48 Å². The molecule has 0 bridgehead atoms. The van der Waals surface area contributed by atoms with E-state index in [2.05, 4.69) is 46.5 Å². The fourth-order valence-corrected chi connectivity index (χ4v) is 3.63. The summed E-state index contributed by atoms with van der Waals surface area (Å²) in [4.78, 5) is 16.7. The van der Waals surface area contributed by atoms with Crippen molar-refractivity contribution in [3.05, 3.63) is 78.1 Å². The lowest BCUT2D eigenvalue weighted by Gasteiger charge is -2.36. The Morgan fingerprint density at radius 2 is 1.76 bits per heavy atom. The highest BCUT2D eigenvalue weighted by Crippen LogP contribution is 2.17. The molecule has 1 fully saturated rings. The molecule has 0 spiro atoms. The Labute approximate surface area is 171 Å². The predicted octanol–water partition coefficient (Wildman–Crippen LogP) is 3.26. The Bertz CT molecular complexity index is 945. The highest BCUT2D eigenvalue weighted by molar-refractivity contribution is 5.74. The van der Waals surface area contributed by atoms with Crippen molar-refractivity contribution < 1.29 is 4.79 Å². The number of hydrogen-bond donors (Lipinski definition) is 1. The molecule has 6 nitrogen and oxygen atoms in total. The molecule has 4 rings (SSSR count). The molecule has 3 aromatic rings. The van der Waals surface area contributed by atoms with Gasteiger partial charge in [-0.05, 0) is 48.7 Å². The van der Waals surface area contributed by atoms with Crippen molar-refractivity contribution in [2.45, 2.75) is 13.3 Å². The first kappa shape index (κ1) is 19.1. The van der Waals surface area contributed by atoms with Crippen LogP contribution < -0.4 is 10.2 Å². The monoisotopic (exact) mass is 389 g/mol. The Hall–Kier alpha value is -3.28. The second-order valence-electron chi connectivity index (χ2n) is 7.42. The van der Waals surface area contributed by atoms with E-state index < -0.39 is 0 Å². The lowest BCUT2D eigenvalue weighted by Crippen LogP contribution is -2.52. The van der Waals surface area contributed by atoms with Crippen molar-refractivity contribution >= 4 is 11.7 Å². The second kappa shape index (κ2) is 8.82. The third kappa shape index (κ3) is 4.77. The van der Waals surface area contributed by atoms with Gasteiger partial charge in [0.25, 0.3) is 0 Å². The number of nitrogens with one attached hydrogen (secondary N) is 1. The number of hydrogen-bond acceptors (Lipinski definition) is 3. The molecule has 1 aliphatic heterocycles. The standard InChI is InChI=1S/C23H27N5O/c1-19-6-5-9-22(16-19)26-12-14-27(15-13-26)23(29)24-11-10-20-17-25-28(18-20)21-7-3-2-4-8-21/h2-9,16-18H,10-15H2,1H3,(H,24,29). The first-order valence-electron chi connectivity index (χ1n) is 10.1. The largest absolute Gasteiger partial charge is 0.368 e. The molecule has 29 heavy (non-hydrogen) atoms. The SMILES string of the molecule is Cc1cccc(N2CCN(C(=O)NCCc3cnn(-c4ccccc4)c3)CC2)c1. The molecule has 2 heterocycles. The maximum absolute atomic E-state index is 12.5. The van der Waals surface area contributed by atoms with Crippen LogP contribution in [0, 0.1) is 6.92 Å². The second-order valence-corrected chi connectivity index (χ2v) is 7.42. The number of anilines is 1. The molecule has 0 saturated carbocycles. The van der Waals surface area contributed by atoms with E-state index in [1.54, 1.807) is 0 Å². The Kier molecular flexibility index (Phi) is 5.79. The fourth-order valence-electron chi connectivity index (χ4n) is 3.63. The van der Waals surface area contributed by atoms with E-state index in [4.69, 9.17) is 0 Å². The molecule has 0 aliphatic carbocycles. The summed E-state index contributed by atoms with van der Waals surface area (Å²) in [6.07, 6.45) is 4.64. The fraction of sp³-hybridized carbons (Fsp3) is 0.304. The topological polar surface area (TPSA) is 53.4 Å². The molecule has 2 amide bonds. The molecule has 0 atom stereocenters. The number of rotatable bonds is 5. The smallest absolute Gasteiger partial charge is 0.317 e. The Morgan fingerprint density at radius 3 is 2.52 bits per heavy atom. The lowest BCUT2D eigenvalue weighted by atomic mass is 10.2. The first-order chi connectivity index (χ1) is 14.2. The number of amides is 2. The Morgan fingerprint density at radius 1 is 1.00 bits per heavy atom. The minimum atomic E-state index is 0.0179. The molecule has 2 aromatic carbocycles. The quantitative estimate of drug-likeness (QED) is 0.729. The van der Waals surface area contributed by atoms with Crippen molar-refractivity contribution in [1.29, 1.82) is 0 Å². The van der Waals surface area contributed by atoms with E-state index >= 15 is 0 Å². The van der Waals surface area contributed by atoms with Crippen LogP contribution in [-0.4, -0.2) is 53.4 Å². The number of para-hydroxylation sites is 1. The Balaban J connectivity index is 1.22. The van der Waals surface area contributed by atoms with Crippen molar-refractivity contribution in [2.24, 2.45) is 0 Å². The zero-order chi connectivity index (χ0) is 20.1. The number of piperazine rings is 1. The van der Waals surface area contributed by atoms with E-state index in [1.807, 2.05) is 52.3 Å². The van der Waals surface area contributed by atoms with Crippen molar-refractivity contribution in [1.82, 2.24) is 20.0 Å². The third-order valence-electron chi connectivity index (χ3n) is 5.28. The van der Waals surface area contributed by atoms with Crippen LogP contribution in [0.2, 0.25) is 0 Å². The van der Waals surface area contributed by atoms with E-state index in [0.29, 0.717) is 6.54 Å². The van der Waals surface area contributed by atoms with Crippen LogP contribution in [0.3, 0.4) is 0 Å². The zero-order valence-corrected chi connectivity index (χ0v) is 16.8. The molecular formula is C23H27N5O. The summed E-state index contributed by atoms with van der Waals surface area (Å²) in [5.41, 5.74) is 4.64.